The average molecular weight is 420 g/mol. The molecule has 0 spiro atoms. The Kier molecular flexibility index (Phi) is 5.77. The zero-order valence-electron chi connectivity index (χ0n) is 15.6. The molecule has 0 aromatic heterocycles. The SMILES string of the molecule is O=C(O[C@H]1CC[C@@H](OC(=O)c2cc(O)c(O)c(O)c2)CC1)c1cc(O)c(O)c(O)c1. The zero-order chi connectivity index (χ0) is 22.0. The van der Waals surface area contributed by atoms with E-state index in [4.69, 9.17) is 9.47 Å². The largest absolute Gasteiger partial charge is 0.504 e. The quantitative estimate of drug-likeness (QED) is 0.318. The van der Waals surface area contributed by atoms with Crippen LogP contribution in [-0.2, 0) is 9.47 Å². The molecule has 0 atom stereocenters. The lowest BCUT2D eigenvalue weighted by atomic mass is 9.94. The van der Waals surface area contributed by atoms with Crippen LogP contribution in [-0.4, -0.2) is 54.8 Å². The van der Waals surface area contributed by atoms with Crippen LogP contribution < -0.4 is 0 Å². The predicted octanol–water partition coefficient (Wildman–Crippen LogP) is 2.25. The summed E-state index contributed by atoms with van der Waals surface area (Å²) in [4.78, 5) is 24.4. The molecule has 2 aromatic carbocycles. The van der Waals surface area contributed by atoms with Crippen molar-refractivity contribution in [2.24, 2.45) is 0 Å². The molecule has 0 amide bonds. The highest BCUT2D eigenvalue weighted by Gasteiger charge is 2.28. The Hall–Kier alpha value is -3.82. The summed E-state index contributed by atoms with van der Waals surface area (Å²) in [6.45, 7) is 0. The second-order valence-corrected chi connectivity index (χ2v) is 6.94. The Morgan fingerprint density at radius 1 is 0.600 bits per heavy atom. The van der Waals surface area contributed by atoms with Crippen LogP contribution in [0.3, 0.4) is 0 Å². The second kappa shape index (κ2) is 8.27. The molecule has 10 heteroatoms. The molecule has 1 aliphatic carbocycles. The first kappa shape index (κ1) is 20.9. The summed E-state index contributed by atoms with van der Waals surface area (Å²) in [6.07, 6.45) is 0.648. The average Bonchev–Trinajstić information content (AvgIpc) is 2.70. The molecule has 2 aromatic rings. The number of aromatic hydroxyl groups is 6. The number of ether oxygens (including phenoxy) is 2. The van der Waals surface area contributed by atoms with Gasteiger partial charge in [0.25, 0.3) is 0 Å². The van der Waals surface area contributed by atoms with Crippen molar-refractivity contribution < 1.29 is 49.7 Å². The molecule has 0 bridgehead atoms. The topological polar surface area (TPSA) is 174 Å². The lowest BCUT2D eigenvalue weighted by Crippen LogP contribution is -2.29. The summed E-state index contributed by atoms with van der Waals surface area (Å²) in [7, 11) is 0. The zero-order valence-corrected chi connectivity index (χ0v) is 15.6. The molecule has 6 N–H and O–H groups in total. The van der Waals surface area contributed by atoms with Crippen molar-refractivity contribution >= 4 is 11.9 Å². The van der Waals surface area contributed by atoms with E-state index in [0.717, 1.165) is 24.3 Å². The number of rotatable bonds is 4. The summed E-state index contributed by atoms with van der Waals surface area (Å²) in [6, 6.07) is 3.92. The molecule has 1 aliphatic rings. The van der Waals surface area contributed by atoms with E-state index in [1.807, 2.05) is 0 Å². The van der Waals surface area contributed by atoms with Gasteiger partial charge in [-0.05, 0) is 49.9 Å². The van der Waals surface area contributed by atoms with E-state index in [-0.39, 0.29) is 11.1 Å². The van der Waals surface area contributed by atoms with Gasteiger partial charge in [-0.25, -0.2) is 9.59 Å². The number of carbonyl (C=O) groups excluding carboxylic acids is 2. The van der Waals surface area contributed by atoms with Crippen LogP contribution in [0.25, 0.3) is 0 Å². The van der Waals surface area contributed by atoms with Gasteiger partial charge in [0.1, 0.15) is 12.2 Å². The first-order valence-corrected chi connectivity index (χ1v) is 9.07. The summed E-state index contributed by atoms with van der Waals surface area (Å²) in [5.41, 5.74) is -0.244. The molecule has 0 unspecified atom stereocenters. The van der Waals surface area contributed by atoms with E-state index < -0.39 is 58.6 Å². The normalized spacial score (nSPS) is 18.5. The predicted molar refractivity (Wildman–Crippen MR) is 99.7 cm³/mol. The molecular weight excluding hydrogens is 400 g/mol. The molecule has 0 saturated heterocycles. The smallest absolute Gasteiger partial charge is 0.338 e. The first-order valence-electron chi connectivity index (χ1n) is 9.07. The molecule has 0 radical (unpaired) electrons. The molecule has 30 heavy (non-hydrogen) atoms. The minimum absolute atomic E-state index is 0.122. The Morgan fingerprint density at radius 3 is 1.13 bits per heavy atom. The van der Waals surface area contributed by atoms with Crippen molar-refractivity contribution in [1.82, 2.24) is 0 Å². The Labute approximate surface area is 170 Å². The van der Waals surface area contributed by atoms with Gasteiger partial charge in [0, 0.05) is 0 Å². The van der Waals surface area contributed by atoms with Crippen LogP contribution in [0.1, 0.15) is 46.4 Å². The fourth-order valence-corrected chi connectivity index (χ4v) is 3.15. The molecule has 1 fully saturated rings. The van der Waals surface area contributed by atoms with Gasteiger partial charge in [0.15, 0.2) is 34.5 Å². The number of phenols is 6. The monoisotopic (exact) mass is 420 g/mol. The number of esters is 2. The van der Waals surface area contributed by atoms with Gasteiger partial charge < -0.3 is 40.1 Å². The second-order valence-electron chi connectivity index (χ2n) is 6.94. The van der Waals surface area contributed by atoms with Crippen LogP contribution >= 0.6 is 0 Å². The number of hydrogen-bond acceptors (Lipinski definition) is 10. The summed E-state index contributed by atoms with van der Waals surface area (Å²) >= 11 is 0. The van der Waals surface area contributed by atoms with Crippen molar-refractivity contribution in [2.45, 2.75) is 37.9 Å². The van der Waals surface area contributed by atoms with Crippen LogP contribution in [0, 0.1) is 0 Å². The van der Waals surface area contributed by atoms with Gasteiger partial charge in [0.2, 0.25) is 0 Å². The van der Waals surface area contributed by atoms with Crippen molar-refractivity contribution in [3.8, 4) is 34.5 Å². The van der Waals surface area contributed by atoms with Crippen LogP contribution in [0.5, 0.6) is 34.5 Å². The summed E-state index contributed by atoms with van der Waals surface area (Å²) in [5, 5.41) is 56.6. The molecule has 0 aliphatic heterocycles. The molecule has 3 rings (SSSR count). The van der Waals surface area contributed by atoms with E-state index in [1.54, 1.807) is 0 Å². The minimum Gasteiger partial charge on any atom is -0.504 e. The van der Waals surface area contributed by atoms with E-state index >= 15 is 0 Å². The van der Waals surface area contributed by atoms with Gasteiger partial charge in [-0.3, -0.25) is 0 Å². The molecule has 10 nitrogen and oxygen atoms in total. The highest BCUT2D eigenvalue weighted by atomic mass is 16.6. The molecule has 1 saturated carbocycles. The lowest BCUT2D eigenvalue weighted by Gasteiger charge is -2.28. The molecular formula is C20H20O10. The number of phenolic OH excluding ortho intramolecular Hbond substituents is 6. The highest BCUT2D eigenvalue weighted by Crippen LogP contribution is 2.37. The lowest BCUT2D eigenvalue weighted by molar-refractivity contribution is -0.0109. The summed E-state index contributed by atoms with van der Waals surface area (Å²) < 4.78 is 10.7. The molecule has 160 valence electrons. The molecule has 0 heterocycles. The van der Waals surface area contributed by atoms with Crippen molar-refractivity contribution in [3.63, 3.8) is 0 Å². The van der Waals surface area contributed by atoms with Crippen LogP contribution in [0.2, 0.25) is 0 Å². The number of hydrogen-bond donors (Lipinski definition) is 6. The fourth-order valence-electron chi connectivity index (χ4n) is 3.15. The maximum absolute atomic E-state index is 12.2. The number of benzene rings is 2. The minimum atomic E-state index is -0.781. The highest BCUT2D eigenvalue weighted by molar-refractivity contribution is 5.91. The van der Waals surface area contributed by atoms with Gasteiger partial charge >= 0.3 is 11.9 Å². The van der Waals surface area contributed by atoms with E-state index in [9.17, 15) is 40.2 Å². The van der Waals surface area contributed by atoms with Crippen LogP contribution in [0.4, 0.5) is 0 Å². The van der Waals surface area contributed by atoms with Gasteiger partial charge in [-0.1, -0.05) is 0 Å². The Morgan fingerprint density at radius 2 is 0.867 bits per heavy atom. The summed E-state index contributed by atoms with van der Waals surface area (Å²) in [5.74, 6) is -5.62. The van der Waals surface area contributed by atoms with Gasteiger partial charge in [0.05, 0.1) is 11.1 Å². The van der Waals surface area contributed by atoms with Gasteiger partial charge in [-0.2, -0.15) is 0 Å². The van der Waals surface area contributed by atoms with E-state index in [2.05, 4.69) is 0 Å². The third kappa shape index (κ3) is 4.43. The Balaban J connectivity index is 1.54. The van der Waals surface area contributed by atoms with Crippen molar-refractivity contribution in [1.29, 1.82) is 0 Å². The third-order valence-electron chi connectivity index (χ3n) is 4.78. The maximum Gasteiger partial charge on any atom is 0.338 e. The van der Waals surface area contributed by atoms with Crippen LogP contribution in [0.15, 0.2) is 24.3 Å². The Bertz CT molecular complexity index is 850. The van der Waals surface area contributed by atoms with E-state index in [1.165, 1.54) is 0 Å². The van der Waals surface area contributed by atoms with E-state index in [0.29, 0.717) is 25.7 Å². The third-order valence-corrected chi connectivity index (χ3v) is 4.78. The van der Waals surface area contributed by atoms with Gasteiger partial charge in [-0.15, -0.1) is 0 Å². The van der Waals surface area contributed by atoms with Crippen molar-refractivity contribution in [2.75, 3.05) is 0 Å². The maximum atomic E-state index is 12.2. The standard InChI is InChI=1S/C20H20O10/c21-13-5-9(6-14(22)17(13)25)19(27)29-11-1-2-12(4-3-11)30-20(28)10-7-15(23)18(26)16(24)8-10/h5-8,11-12,21-26H,1-4H2/t11-,12+. The van der Waals surface area contributed by atoms with Crippen molar-refractivity contribution in [3.05, 3.63) is 35.4 Å². The number of carbonyl (C=O) groups is 2. The fraction of sp³-hybridized carbons (Fsp3) is 0.300. The first-order chi connectivity index (χ1) is 14.2.